The van der Waals surface area contributed by atoms with Crippen molar-refractivity contribution in [1.82, 2.24) is 4.98 Å². The van der Waals surface area contributed by atoms with E-state index in [-0.39, 0.29) is 11.4 Å². The molecular formula is C18H12ClF3N2OS. The number of para-hydroxylation sites is 1. The molecule has 0 saturated heterocycles. The summed E-state index contributed by atoms with van der Waals surface area (Å²) in [6.45, 7) is 0. The first-order chi connectivity index (χ1) is 12.3. The molecule has 0 aliphatic heterocycles. The Morgan fingerprint density at radius 1 is 1.15 bits per heavy atom. The fourth-order valence-corrected chi connectivity index (χ4v) is 3.42. The summed E-state index contributed by atoms with van der Waals surface area (Å²) in [6, 6.07) is 12.6. The molecule has 8 heteroatoms. The number of amides is 1. The minimum Gasteiger partial charge on any atom is -0.325 e. The second-order valence-corrected chi connectivity index (χ2v) is 6.78. The van der Waals surface area contributed by atoms with Gasteiger partial charge in [0.25, 0.3) is 0 Å². The SMILES string of the molecule is O=C(CSc1cccc2cccnc12)Nc1ccc(Cl)c(C(F)(F)F)c1. The van der Waals surface area contributed by atoms with Gasteiger partial charge in [0.1, 0.15) is 0 Å². The number of hydrogen-bond acceptors (Lipinski definition) is 3. The zero-order valence-electron chi connectivity index (χ0n) is 13.2. The minimum atomic E-state index is -4.58. The van der Waals surface area contributed by atoms with Crippen molar-refractivity contribution in [2.75, 3.05) is 11.1 Å². The first-order valence-electron chi connectivity index (χ1n) is 7.48. The summed E-state index contributed by atoms with van der Waals surface area (Å²) < 4.78 is 38.6. The Balaban J connectivity index is 1.70. The molecule has 1 heterocycles. The summed E-state index contributed by atoms with van der Waals surface area (Å²) in [5.74, 6) is -0.377. The van der Waals surface area contributed by atoms with Crippen LogP contribution in [0.4, 0.5) is 18.9 Å². The van der Waals surface area contributed by atoms with E-state index in [1.165, 1.54) is 17.8 Å². The van der Waals surface area contributed by atoms with E-state index in [4.69, 9.17) is 11.6 Å². The van der Waals surface area contributed by atoms with Gasteiger partial charge in [0.05, 0.1) is 21.9 Å². The van der Waals surface area contributed by atoms with Crippen molar-refractivity contribution in [3.05, 3.63) is 65.3 Å². The van der Waals surface area contributed by atoms with E-state index in [9.17, 15) is 18.0 Å². The van der Waals surface area contributed by atoms with E-state index >= 15 is 0 Å². The molecule has 0 unspecified atom stereocenters. The molecule has 26 heavy (non-hydrogen) atoms. The van der Waals surface area contributed by atoms with Crippen molar-refractivity contribution in [3.63, 3.8) is 0 Å². The highest BCUT2D eigenvalue weighted by molar-refractivity contribution is 8.00. The molecule has 1 N–H and O–H groups in total. The molecule has 134 valence electrons. The van der Waals surface area contributed by atoms with Gasteiger partial charge in [-0.05, 0) is 30.3 Å². The van der Waals surface area contributed by atoms with Crippen LogP contribution in [0.1, 0.15) is 5.56 Å². The third kappa shape index (κ3) is 4.28. The van der Waals surface area contributed by atoms with Gasteiger partial charge in [0, 0.05) is 22.2 Å². The third-order valence-corrected chi connectivity index (χ3v) is 4.89. The molecule has 0 bridgehead atoms. The Labute approximate surface area is 156 Å². The van der Waals surface area contributed by atoms with Gasteiger partial charge in [-0.25, -0.2) is 0 Å². The Hall–Kier alpha value is -2.25. The molecular weight excluding hydrogens is 385 g/mol. The number of anilines is 1. The molecule has 0 saturated carbocycles. The number of pyridine rings is 1. The molecule has 0 aliphatic carbocycles. The van der Waals surface area contributed by atoms with Crippen LogP contribution in [0.2, 0.25) is 5.02 Å². The zero-order valence-corrected chi connectivity index (χ0v) is 14.8. The van der Waals surface area contributed by atoms with Crippen LogP contribution in [0, 0.1) is 0 Å². The molecule has 0 radical (unpaired) electrons. The number of alkyl halides is 3. The molecule has 0 atom stereocenters. The summed E-state index contributed by atoms with van der Waals surface area (Å²) in [7, 11) is 0. The zero-order chi connectivity index (χ0) is 18.7. The lowest BCUT2D eigenvalue weighted by atomic mass is 10.2. The number of nitrogens with one attached hydrogen (secondary N) is 1. The monoisotopic (exact) mass is 396 g/mol. The second-order valence-electron chi connectivity index (χ2n) is 5.36. The first kappa shape index (κ1) is 18.5. The number of nitrogens with zero attached hydrogens (tertiary/aromatic N) is 1. The number of halogens is 4. The van der Waals surface area contributed by atoms with Crippen molar-refractivity contribution in [2.24, 2.45) is 0 Å². The Bertz CT molecular complexity index is 957. The van der Waals surface area contributed by atoms with E-state index < -0.39 is 22.7 Å². The number of carbonyl (C=O) groups is 1. The van der Waals surface area contributed by atoms with Gasteiger partial charge in [-0.3, -0.25) is 9.78 Å². The van der Waals surface area contributed by atoms with Crippen LogP contribution >= 0.6 is 23.4 Å². The maximum absolute atomic E-state index is 12.9. The third-order valence-electron chi connectivity index (χ3n) is 3.51. The van der Waals surface area contributed by atoms with Gasteiger partial charge in [-0.2, -0.15) is 13.2 Å². The summed E-state index contributed by atoms with van der Waals surface area (Å²) in [4.78, 5) is 17.2. The van der Waals surface area contributed by atoms with Gasteiger partial charge in [-0.1, -0.05) is 29.8 Å². The fraction of sp³-hybridized carbons (Fsp3) is 0.111. The number of benzene rings is 2. The van der Waals surface area contributed by atoms with Gasteiger partial charge < -0.3 is 5.32 Å². The lowest BCUT2D eigenvalue weighted by Crippen LogP contribution is -2.15. The molecule has 2 aromatic carbocycles. The van der Waals surface area contributed by atoms with Gasteiger partial charge in [-0.15, -0.1) is 11.8 Å². The van der Waals surface area contributed by atoms with Crippen LogP contribution in [-0.2, 0) is 11.0 Å². The van der Waals surface area contributed by atoms with Gasteiger partial charge in [0.15, 0.2) is 0 Å². The van der Waals surface area contributed by atoms with E-state index in [1.54, 1.807) is 6.20 Å². The summed E-state index contributed by atoms with van der Waals surface area (Å²) >= 11 is 6.84. The normalized spacial score (nSPS) is 11.5. The second kappa shape index (κ2) is 7.55. The molecule has 1 amide bonds. The van der Waals surface area contributed by atoms with Crippen LogP contribution < -0.4 is 5.32 Å². The molecule has 3 rings (SSSR count). The highest BCUT2D eigenvalue weighted by atomic mass is 35.5. The number of hydrogen-bond donors (Lipinski definition) is 1. The standard InChI is InChI=1S/C18H12ClF3N2OS/c19-14-7-6-12(9-13(14)18(20,21)22)24-16(25)10-26-15-5-1-3-11-4-2-8-23-17(11)15/h1-9H,10H2,(H,24,25). The highest BCUT2D eigenvalue weighted by Gasteiger charge is 2.33. The Morgan fingerprint density at radius 2 is 1.92 bits per heavy atom. The predicted molar refractivity (Wildman–Crippen MR) is 97.6 cm³/mol. The summed E-state index contributed by atoms with van der Waals surface area (Å²) in [5, 5.41) is 3.00. The average molecular weight is 397 g/mol. The Morgan fingerprint density at radius 3 is 2.69 bits per heavy atom. The Kier molecular flexibility index (Phi) is 5.38. The van der Waals surface area contributed by atoms with E-state index in [0.29, 0.717) is 0 Å². The average Bonchev–Trinajstić information content (AvgIpc) is 2.60. The number of fused-ring (bicyclic) bond motifs is 1. The molecule has 0 fully saturated rings. The van der Waals surface area contributed by atoms with Crippen LogP contribution in [0.25, 0.3) is 10.9 Å². The topological polar surface area (TPSA) is 42.0 Å². The van der Waals surface area contributed by atoms with Crippen molar-refractivity contribution in [1.29, 1.82) is 0 Å². The number of carbonyl (C=O) groups excluding carboxylic acids is 1. The number of rotatable bonds is 4. The van der Waals surface area contributed by atoms with Crippen molar-refractivity contribution >= 4 is 45.9 Å². The lowest BCUT2D eigenvalue weighted by molar-refractivity contribution is -0.137. The smallest absolute Gasteiger partial charge is 0.325 e. The number of aromatic nitrogens is 1. The van der Waals surface area contributed by atoms with Crippen molar-refractivity contribution in [2.45, 2.75) is 11.1 Å². The fourth-order valence-electron chi connectivity index (χ4n) is 2.35. The van der Waals surface area contributed by atoms with Crippen LogP contribution in [-0.4, -0.2) is 16.6 Å². The number of thioether (sulfide) groups is 1. The van der Waals surface area contributed by atoms with Crippen molar-refractivity contribution < 1.29 is 18.0 Å². The summed E-state index contributed by atoms with van der Waals surface area (Å²) in [6.07, 6.45) is -2.92. The van der Waals surface area contributed by atoms with E-state index in [2.05, 4.69) is 10.3 Å². The maximum atomic E-state index is 12.9. The van der Waals surface area contributed by atoms with E-state index in [0.717, 1.165) is 27.9 Å². The van der Waals surface area contributed by atoms with Crippen LogP contribution in [0.3, 0.4) is 0 Å². The van der Waals surface area contributed by atoms with Crippen LogP contribution in [0.15, 0.2) is 59.6 Å². The first-order valence-corrected chi connectivity index (χ1v) is 8.84. The predicted octanol–water partition coefficient (Wildman–Crippen LogP) is 5.64. The molecule has 0 aliphatic rings. The molecule has 0 spiro atoms. The lowest BCUT2D eigenvalue weighted by Gasteiger charge is -2.12. The maximum Gasteiger partial charge on any atom is 0.417 e. The molecule has 1 aromatic heterocycles. The molecule has 3 nitrogen and oxygen atoms in total. The minimum absolute atomic E-state index is 0.0413. The van der Waals surface area contributed by atoms with Gasteiger partial charge in [0.2, 0.25) is 5.91 Å². The molecule has 3 aromatic rings. The van der Waals surface area contributed by atoms with Crippen molar-refractivity contribution in [3.8, 4) is 0 Å². The van der Waals surface area contributed by atoms with E-state index in [1.807, 2.05) is 30.3 Å². The summed E-state index contributed by atoms with van der Waals surface area (Å²) in [5.41, 5.74) is -0.162. The largest absolute Gasteiger partial charge is 0.417 e. The van der Waals surface area contributed by atoms with Gasteiger partial charge >= 0.3 is 6.18 Å². The quantitative estimate of drug-likeness (QED) is 0.580. The highest BCUT2D eigenvalue weighted by Crippen LogP contribution is 2.36. The van der Waals surface area contributed by atoms with Crippen LogP contribution in [0.5, 0.6) is 0 Å².